The Balaban J connectivity index is 2.93. The topological polar surface area (TPSA) is 33.2 Å². The lowest BCUT2D eigenvalue weighted by molar-refractivity contribution is 0.0794. The van der Waals surface area contributed by atoms with Crippen molar-refractivity contribution >= 4 is 17.2 Å². The molecule has 0 aliphatic heterocycles. The van der Waals surface area contributed by atoms with Gasteiger partial charge in [-0.3, -0.25) is 4.79 Å². The summed E-state index contributed by atoms with van der Waals surface area (Å²) in [4.78, 5) is 18.8. The maximum atomic E-state index is 12.2. The van der Waals surface area contributed by atoms with Gasteiger partial charge in [-0.1, -0.05) is 12.2 Å². The number of aryl methyl sites for hydroxylation is 2. The molecule has 16 heavy (non-hydrogen) atoms. The number of carbonyl (C=O) groups excluding carboxylic acids is 1. The molecule has 0 atom stereocenters. The molecule has 0 spiro atoms. The van der Waals surface area contributed by atoms with E-state index in [-0.39, 0.29) is 5.91 Å². The van der Waals surface area contributed by atoms with Gasteiger partial charge in [0.1, 0.15) is 4.88 Å². The number of thiazole rings is 1. The molecule has 1 heterocycles. The first-order valence-corrected chi connectivity index (χ1v) is 5.87. The van der Waals surface area contributed by atoms with Gasteiger partial charge in [0.15, 0.2) is 0 Å². The van der Waals surface area contributed by atoms with Gasteiger partial charge in [0.05, 0.1) is 10.7 Å². The molecule has 0 aromatic carbocycles. The summed E-state index contributed by atoms with van der Waals surface area (Å²) < 4.78 is 0. The molecule has 0 unspecified atom stereocenters. The van der Waals surface area contributed by atoms with E-state index in [9.17, 15) is 4.79 Å². The van der Waals surface area contributed by atoms with Crippen LogP contribution in [0.1, 0.15) is 20.4 Å². The lowest BCUT2D eigenvalue weighted by Crippen LogP contribution is -2.31. The molecule has 0 saturated heterocycles. The summed E-state index contributed by atoms with van der Waals surface area (Å²) in [5, 5.41) is 0.915. The first-order chi connectivity index (χ1) is 7.60. The summed E-state index contributed by atoms with van der Waals surface area (Å²) in [5.74, 6) is 0.00269. The summed E-state index contributed by atoms with van der Waals surface area (Å²) in [6.45, 7) is 12.1. The van der Waals surface area contributed by atoms with Crippen LogP contribution in [-0.2, 0) is 0 Å². The van der Waals surface area contributed by atoms with Crippen LogP contribution in [0.2, 0.25) is 0 Å². The summed E-state index contributed by atoms with van der Waals surface area (Å²) in [6, 6.07) is 0. The van der Waals surface area contributed by atoms with Gasteiger partial charge in [0.25, 0.3) is 5.91 Å². The minimum atomic E-state index is 0.00269. The summed E-state index contributed by atoms with van der Waals surface area (Å²) in [7, 11) is 0. The molecule has 3 nitrogen and oxygen atoms in total. The van der Waals surface area contributed by atoms with Crippen molar-refractivity contribution in [3.05, 3.63) is 40.9 Å². The number of hydrogen-bond donors (Lipinski definition) is 0. The molecular formula is C12H16N2OS. The zero-order valence-electron chi connectivity index (χ0n) is 9.69. The summed E-state index contributed by atoms with van der Waals surface area (Å²) >= 11 is 1.43. The van der Waals surface area contributed by atoms with Crippen molar-refractivity contribution < 1.29 is 4.79 Å². The van der Waals surface area contributed by atoms with Gasteiger partial charge in [-0.15, -0.1) is 24.5 Å². The maximum absolute atomic E-state index is 12.2. The lowest BCUT2D eigenvalue weighted by atomic mass is 10.3. The minimum absolute atomic E-state index is 0.00269. The van der Waals surface area contributed by atoms with Crippen molar-refractivity contribution in [2.75, 3.05) is 13.1 Å². The zero-order chi connectivity index (χ0) is 12.1. The van der Waals surface area contributed by atoms with E-state index in [2.05, 4.69) is 18.1 Å². The molecule has 0 N–H and O–H groups in total. The highest BCUT2D eigenvalue weighted by atomic mass is 32.1. The van der Waals surface area contributed by atoms with E-state index in [1.807, 2.05) is 13.8 Å². The van der Waals surface area contributed by atoms with E-state index in [0.717, 1.165) is 10.7 Å². The van der Waals surface area contributed by atoms with E-state index < -0.39 is 0 Å². The van der Waals surface area contributed by atoms with E-state index in [1.165, 1.54) is 11.3 Å². The van der Waals surface area contributed by atoms with Gasteiger partial charge in [0, 0.05) is 13.1 Å². The van der Waals surface area contributed by atoms with E-state index >= 15 is 0 Å². The summed E-state index contributed by atoms with van der Waals surface area (Å²) in [6.07, 6.45) is 3.43. The second kappa shape index (κ2) is 5.61. The van der Waals surface area contributed by atoms with Crippen molar-refractivity contribution in [1.29, 1.82) is 0 Å². The number of hydrogen-bond acceptors (Lipinski definition) is 3. The molecule has 4 heteroatoms. The molecule has 86 valence electrons. The molecule has 1 rings (SSSR count). The molecule has 0 aliphatic rings. The quantitative estimate of drug-likeness (QED) is 0.736. The van der Waals surface area contributed by atoms with E-state index in [4.69, 9.17) is 0 Å². The first-order valence-electron chi connectivity index (χ1n) is 5.05. The Bertz CT molecular complexity index is 399. The van der Waals surface area contributed by atoms with Crippen molar-refractivity contribution in [2.45, 2.75) is 13.8 Å². The smallest absolute Gasteiger partial charge is 0.266 e. The van der Waals surface area contributed by atoms with Gasteiger partial charge in [-0.25, -0.2) is 4.98 Å². The molecule has 0 fully saturated rings. The van der Waals surface area contributed by atoms with Crippen LogP contribution >= 0.6 is 11.3 Å². The Morgan fingerprint density at radius 3 is 2.31 bits per heavy atom. The number of aromatic nitrogens is 1. The average molecular weight is 236 g/mol. The van der Waals surface area contributed by atoms with Crippen molar-refractivity contribution in [3.8, 4) is 0 Å². The van der Waals surface area contributed by atoms with Crippen molar-refractivity contribution in [3.63, 3.8) is 0 Å². The predicted octanol–water partition coefficient (Wildman–Crippen LogP) is 2.57. The third-order valence-corrected chi connectivity index (χ3v) is 3.14. The number of carbonyl (C=O) groups is 1. The van der Waals surface area contributed by atoms with Gasteiger partial charge >= 0.3 is 0 Å². The van der Waals surface area contributed by atoms with Crippen LogP contribution in [0.4, 0.5) is 0 Å². The fourth-order valence-corrected chi connectivity index (χ4v) is 2.31. The van der Waals surface area contributed by atoms with Gasteiger partial charge in [-0.05, 0) is 13.8 Å². The van der Waals surface area contributed by atoms with Crippen LogP contribution in [0.5, 0.6) is 0 Å². The largest absolute Gasteiger partial charge is 0.330 e. The Hall–Kier alpha value is -1.42. The lowest BCUT2D eigenvalue weighted by Gasteiger charge is -2.18. The van der Waals surface area contributed by atoms with Crippen LogP contribution < -0.4 is 0 Å². The maximum Gasteiger partial charge on any atom is 0.266 e. The Labute approximate surface area is 100 Å². The summed E-state index contributed by atoms with van der Waals surface area (Å²) in [5.41, 5.74) is 0.797. The minimum Gasteiger partial charge on any atom is -0.330 e. The fourth-order valence-electron chi connectivity index (χ4n) is 1.43. The SMILES string of the molecule is C=CCN(CC=C)C(=O)c1sc(C)nc1C. The predicted molar refractivity (Wildman–Crippen MR) is 67.9 cm³/mol. The van der Waals surface area contributed by atoms with Gasteiger partial charge < -0.3 is 4.90 Å². The molecular weight excluding hydrogens is 220 g/mol. The first kappa shape index (κ1) is 12.6. The highest BCUT2D eigenvalue weighted by molar-refractivity contribution is 7.13. The van der Waals surface area contributed by atoms with Crippen molar-refractivity contribution in [2.24, 2.45) is 0 Å². The molecule has 0 radical (unpaired) electrons. The Morgan fingerprint density at radius 1 is 1.38 bits per heavy atom. The van der Waals surface area contributed by atoms with Crippen LogP contribution in [-0.4, -0.2) is 28.9 Å². The Kier molecular flexibility index (Phi) is 4.43. The average Bonchev–Trinajstić information content (AvgIpc) is 2.56. The molecule has 0 bridgehead atoms. The fraction of sp³-hybridized carbons (Fsp3) is 0.333. The third-order valence-electron chi connectivity index (χ3n) is 2.08. The molecule has 0 aliphatic carbocycles. The van der Waals surface area contributed by atoms with Gasteiger partial charge in [-0.2, -0.15) is 0 Å². The van der Waals surface area contributed by atoms with Crippen molar-refractivity contribution in [1.82, 2.24) is 9.88 Å². The zero-order valence-corrected chi connectivity index (χ0v) is 10.5. The standard InChI is InChI=1S/C12H16N2OS/c1-5-7-14(8-6-2)12(15)11-9(3)13-10(4)16-11/h5-6H,1-2,7-8H2,3-4H3. The third kappa shape index (κ3) is 2.79. The normalized spacial score (nSPS) is 9.88. The molecule has 1 aromatic heterocycles. The number of amides is 1. The monoisotopic (exact) mass is 236 g/mol. The van der Waals surface area contributed by atoms with E-state index in [1.54, 1.807) is 17.1 Å². The van der Waals surface area contributed by atoms with Crippen LogP contribution in [0.15, 0.2) is 25.3 Å². The van der Waals surface area contributed by atoms with E-state index in [0.29, 0.717) is 18.0 Å². The Morgan fingerprint density at radius 2 is 1.94 bits per heavy atom. The number of nitrogens with zero attached hydrogens (tertiary/aromatic N) is 2. The second-order valence-corrected chi connectivity index (χ2v) is 4.64. The highest BCUT2D eigenvalue weighted by Gasteiger charge is 2.18. The molecule has 0 saturated carbocycles. The number of rotatable bonds is 5. The van der Waals surface area contributed by atoms with Crippen LogP contribution in [0.3, 0.4) is 0 Å². The molecule has 1 amide bonds. The molecule has 1 aromatic rings. The van der Waals surface area contributed by atoms with Crippen LogP contribution in [0.25, 0.3) is 0 Å². The van der Waals surface area contributed by atoms with Gasteiger partial charge in [0.2, 0.25) is 0 Å². The van der Waals surface area contributed by atoms with Crippen LogP contribution in [0, 0.1) is 13.8 Å². The highest BCUT2D eigenvalue weighted by Crippen LogP contribution is 2.19. The second-order valence-electron chi connectivity index (χ2n) is 3.43.